The highest BCUT2D eigenvalue weighted by atomic mass is 16.2. The molecule has 31 heavy (non-hydrogen) atoms. The lowest BCUT2D eigenvalue weighted by molar-refractivity contribution is -0.107. The van der Waals surface area contributed by atoms with E-state index in [0.717, 1.165) is 37.4 Å². The first-order valence-corrected chi connectivity index (χ1v) is 13.2. The van der Waals surface area contributed by atoms with Gasteiger partial charge in [-0.05, 0) is 70.1 Å². The molecule has 180 valence electrons. The van der Waals surface area contributed by atoms with Crippen LogP contribution in [0.25, 0.3) is 0 Å². The van der Waals surface area contributed by atoms with E-state index in [1.54, 1.807) is 0 Å². The molecule has 0 radical (unpaired) electrons. The zero-order valence-electron chi connectivity index (χ0n) is 20.8. The van der Waals surface area contributed by atoms with Crippen LogP contribution in [-0.4, -0.2) is 18.0 Å². The minimum absolute atomic E-state index is 0.334. The minimum atomic E-state index is 0.334. The van der Waals surface area contributed by atoms with Gasteiger partial charge in [-0.2, -0.15) is 0 Å². The largest absolute Gasteiger partial charge is 0.396 e. The molecule has 0 aliphatic carbocycles. The number of aliphatic hydroxyl groups is 1. The van der Waals surface area contributed by atoms with Gasteiger partial charge in [0.1, 0.15) is 6.29 Å². The van der Waals surface area contributed by atoms with Gasteiger partial charge >= 0.3 is 0 Å². The number of carbonyl (C=O) groups is 1. The van der Waals surface area contributed by atoms with E-state index in [0.29, 0.717) is 6.61 Å². The SMILES string of the molecule is C/C=C/C=C/CCC(CCCCO)CCC(C)CCCCC=CCCCCCCC=O. The fraction of sp³-hybridized carbons (Fsp3) is 0.759. The summed E-state index contributed by atoms with van der Waals surface area (Å²) in [5.41, 5.74) is 0. The van der Waals surface area contributed by atoms with Gasteiger partial charge in [-0.1, -0.05) is 94.7 Å². The van der Waals surface area contributed by atoms with Crippen LogP contribution in [0.3, 0.4) is 0 Å². The number of hydrogen-bond donors (Lipinski definition) is 1. The number of allylic oxidation sites excluding steroid dienone is 6. The molecule has 0 amide bonds. The number of aliphatic hydroxyl groups excluding tert-OH is 1. The first-order chi connectivity index (χ1) is 15.2. The van der Waals surface area contributed by atoms with Crippen molar-refractivity contribution >= 4 is 6.29 Å². The van der Waals surface area contributed by atoms with Gasteiger partial charge in [0.25, 0.3) is 0 Å². The number of carbonyl (C=O) groups excluding carboxylic acids is 1. The van der Waals surface area contributed by atoms with Crippen molar-refractivity contribution in [3.8, 4) is 0 Å². The maximum atomic E-state index is 10.3. The second kappa shape index (κ2) is 25.1. The lowest BCUT2D eigenvalue weighted by Gasteiger charge is -2.19. The Morgan fingerprint density at radius 1 is 0.645 bits per heavy atom. The first-order valence-electron chi connectivity index (χ1n) is 13.2. The monoisotopic (exact) mass is 432 g/mol. The third-order valence-corrected chi connectivity index (χ3v) is 6.20. The van der Waals surface area contributed by atoms with Gasteiger partial charge in [-0.25, -0.2) is 0 Å². The van der Waals surface area contributed by atoms with Crippen LogP contribution in [0.1, 0.15) is 123 Å². The predicted octanol–water partition coefficient (Wildman–Crippen LogP) is 8.75. The van der Waals surface area contributed by atoms with E-state index in [1.807, 2.05) is 0 Å². The van der Waals surface area contributed by atoms with Crippen molar-refractivity contribution in [2.45, 2.75) is 123 Å². The van der Waals surface area contributed by atoms with Gasteiger partial charge in [-0.15, -0.1) is 0 Å². The Kier molecular flexibility index (Phi) is 24.2. The van der Waals surface area contributed by atoms with Crippen LogP contribution in [0.4, 0.5) is 0 Å². The van der Waals surface area contributed by atoms with Gasteiger partial charge in [0.05, 0.1) is 0 Å². The third-order valence-electron chi connectivity index (χ3n) is 6.20. The molecule has 0 saturated carbocycles. The molecule has 0 rings (SSSR count). The molecule has 0 saturated heterocycles. The fourth-order valence-electron chi connectivity index (χ4n) is 4.09. The smallest absolute Gasteiger partial charge is 0.119 e. The Labute approximate surface area is 194 Å². The van der Waals surface area contributed by atoms with E-state index in [2.05, 4.69) is 50.3 Å². The highest BCUT2D eigenvalue weighted by Crippen LogP contribution is 2.25. The summed E-state index contributed by atoms with van der Waals surface area (Å²) in [7, 11) is 0. The van der Waals surface area contributed by atoms with E-state index in [4.69, 9.17) is 5.11 Å². The molecular weight excluding hydrogens is 380 g/mol. The number of aldehydes is 1. The van der Waals surface area contributed by atoms with Crippen LogP contribution >= 0.6 is 0 Å². The average molecular weight is 433 g/mol. The predicted molar refractivity (Wildman–Crippen MR) is 137 cm³/mol. The van der Waals surface area contributed by atoms with Gasteiger partial charge < -0.3 is 9.90 Å². The van der Waals surface area contributed by atoms with Crippen LogP contribution in [-0.2, 0) is 4.79 Å². The van der Waals surface area contributed by atoms with Crippen molar-refractivity contribution < 1.29 is 9.90 Å². The summed E-state index contributed by atoms with van der Waals surface area (Å²) in [6.45, 7) is 4.82. The molecule has 0 bridgehead atoms. The van der Waals surface area contributed by atoms with E-state index in [-0.39, 0.29) is 0 Å². The molecule has 0 aromatic heterocycles. The first kappa shape index (κ1) is 29.9. The van der Waals surface area contributed by atoms with E-state index in [1.165, 1.54) is 89.9 Å². The van der Waals surface area contributed by atoms with Crippen molar-refractivity contribution in [2.24, 2.45) is 11.8 Å². The second-order valence-electron chi connectivity index (χ2n) is 9.21. The zero-order chi connectivity index (χ0) is 22.8. The minimum Gasteiger partial charge on any atom is -0.396 e. The molecule has 0 aromatic carbocycles. The molecule has 0 fully saturated rings. The Bertz CT molecular complexity index is 450. The third kappa shape index (κ3) is 23.3. The summed E-state index contributed by atoms with van der Waals surface area (Å²) < 4.78 is 0. The summed E-state index contributed by atoms with van der Waals surface area (Å²) in [6.07, 6.45) is 34.9. The standard InChI is InChI=1S/C29H52O2/c1-3-4-5-13-17-22-29(23-18-20-27-31)25-24-28(2)21-16-14-11-9-7-6-8-10-12-15-19-26-30/h3-5,7,9,13,26,28-29,31H,6,8,10-12,14-25,27H2,1-2H3/b4-3+,9-7?,13-5+. The van der Waals surface area contributed by atoms with E-state index in [9.17, 15) is 4.79 Å². The van der Waals surface area contributed by atoms with Crippen LogP contribution < -0.4 is 0 Å². The summed E-state index contributed by atoms with van der Waals surface area (Å²) in [4.78, 5) is 10.3. The number of unbranched alkanes of at least 4 members (excludes halogenated alkanes) is 8. The highest BCUT2D eigenvalue weighted by Gasteiger charge is 2.10. The molecule has 0 aromatic rings. The summed E-state index contributed by atoms with van der Waals surface area (Å²) >= 11 is 0. The lowest BCUT2D eigenvalue weighted by Crippen LogP contribution is -2.05. The summed E-state index contributed by atoms with van der Waals surface area (Å²) in [5, 5.41) is 9.08. The van der Waals surface area contributed by atoms with Crippen LogP contribution in [0.15, 0.2) is 36.5 Å². The Morgan fingerprint density at radius 3 is 2.00 bits per heavy atom. The molecule has 0 spiro atoms. The normalized spacial score (nSPS) is 14.2. The summed E-state index contributed by atoms with van der Waals surface area (Å²) in [6, 6.07) is 0. The molecule has 1 N–H and O–H groups in total. The molecule has 0 aliphatic heterocycles. The maximum absolute atomic E-state index is 10.3. The zero-order valence-corrected chi connectivity index (χ0v) is 20.8. The molecule has 2 unspecified atom stereocenters. The van der Waals surface area contributed by atoms with Gasteiger partial charge in [0.15, 0.2) is 0 Å². The van der Waals surface area contributed by atoms with Crippen LogP contribution in [0, 0.1) is 11.8 Å². The molecule has 0 aliphatic rings. The van der Waals surface area contributed by atoms with Crippen LogP contribution in [0.2, 0.25) is 0 Å². The summed E-state index contributed by atoms with van der Waals surface area (Å²) in [5.74, 6) is 1.64. The van der Waals surface area contributed by atoms with E-state index >= 15 is 0 Å². The maximum Gasteiger partial charge on any atom is 0.119 e. The highest BCUT2D eigenvalue weighted by molar-refractivity contribution is 5.48. The Balaban J connectivity index is 3.81. The molecule has 2 atom stereocenters. The number of hydrogen-bond acceptors (Lipinski definition) is 2. The average Bonchev–Trinajstić information content (AvgIpc) is 2.77. The van der Waals surface area contributed by atoms with Crippen LogP contribution in [0.5, 0.6) is 0 Å². The van der Waals surface area contributed by atoms with Crippen molar-refractivity contribution in [3.05, 3.63) is 36.5 Å². The quantitative estimate of drug-likeness (QED) is 0.0758. The Hall–Kier alpha value is -1.15. The molecular formula is C29H52O2. The van der Waals surface area contributed by atoms with Crippen molar-refractivity contribution in [2.75, 3.05) is 6.61 Å². The van der Waals surface area contributed by atoms with Gasteiger partial charge in [0.2, 0.25) is 0 Å². The second-order valence-corrected chi connectivity index (χ2v) is 9.21. The van der Waals surface area contributed by atoms with Crippen molar-refractivity contribution in [1.82, 2.24) is 0 Å². The number of rotatable bonds is 23. The molecule has 0 heterocycles. The van der Waals surface area contributed by atoms with E-state index < -0.39 is 0 Å². The molecule has 2 nitrogen and oxygen atoms in total. The van der Waals surface area contributed by atoms with Crippen molar-refractivity contribution in [1.29, 1.82) is 0 Å². The van der Waals surface area contributed by atoms with Gasteiger partial charge in [0, 0.05) is 13.0 Å². The Morgan fingerprint density at radius 2 is 1.32 bits per heavy atom. The lowest BCUT2D eigenvalue weighted by atomic mass is 9.87. The molecule has 2 heteroatoms. The fourth-order valence-corrected chi connectivity index (χ4v) is 4.09. The topological polar surface area (TPSA) is 37.3 Å². The van der Waals surface area contributed by atoms with Crippen molar-refractivity contribution in [3.63, 3.8) is 0 Å². The van der Waals surface area contributed by atoms with Gasteiger partial charge in [-0.3, -0.25) is 0 Å².